The van der Waals surface area contributed by atoms with E-state index in [2.05, 4.69) is 10.2 Å². The van der Waals surface area contributed by atoms with Crippen LogP contribution in [0, 0.1) is 4.77 Å². The highest BCUT2D eigenvalue weighted by atomic mass is 32.1. The third-order valence-corrected chi connectivity index (χ3v) is 1.65. The second kappa shape index (κ2) is 2.51. The Morgan fingerprint density at radius 2 is 2.40 bits per heavy atom. The zero-order valence-electron chi connectivity index (χ0n) is 5.83. The standard InChI is InChI=1S/C5H9N3OS/c1-3(9)4-6-7-5(10)8(4)2/h3,9H,1-2H3,(H,7,10)/t3-/m0/s1. The summed E-state index contributed by atoms with van der Waals surface area (Å²) in [5, 5.41) is 15.5. The van der Waals surface area contributed by atoms with Crippen LogP contribution in [-0.2, 0) is 7.05 Å². The van der Waals surface area contributed by atoms with E-state index in [4.69, 9.17) is 17.3 Å². The predicted molar refractivity (Wildman–Crippen MR) is 39.0 cm³/mol. The average Bonchev–Trinajstić information content (AvgIpc) is 2.14. The summed E-state index contributed by atoms with van der Waals surface area (Å²) >= 11 is 4.83. The van der Waals surface area contributed by atoms with Crippen molar-refractivity contribution in [3.8, 4) is 0 Å². The van der Waals surface area contributed by atoms with Gasteiger partial charge in [-0.2, -0.15) is 5.10 Å². The lowest BCUT2D eigenvalue weighted by molar-refractivity contribution is 0.185. The first-order valence-corrected chi connectivity index (χ1v) is 3.33. The van der Waals surface area contributed by atoms with E-state index >= 15 is 0 Å². The maximum absolute atomic E-state index is 9.07. The Labute approximate surface area is 63.5 Å². The third-order valence-electron chi connectivity index (χ3n) is 1.29. The molecule has 4 nitrogen and oxygen atoms in total. The summed E-state index contributed by atoms with van der Waals surface area (Å²) in [5.41, 5.74) is 0. The number of aliphatic hydroxyl groups is 1. The van der Waals surface area contributed by atoms with Gasteiger partial charge in [-0.15, -0.1) is 0 Å². The van der Waals surface area contributed by atoms with Crippen LogP contribution in [0.2, 0.25) is 0 Å². The van der Waals surface area contributed by atoms with E-state index in [1.165, 1.54) is 0 Å². The van der Waals surface area contributed by atoms with Crippen LogP contribution >= 0.6 is 12.2 Å². The van der Waals surface area contributed by atoms with Crippen molar-refractivity contribution in [1.82, 2.24) is 14.8 Å². The van der Waals surface area contributed by atoms with Crippen molar-refractivity contribution in [1.29, 1.82) is 0 Å². The highest BCUT2D eigenvalue weighted by molar-refractivity contribution is 7.71. The molecule has 0 aliphatic carbocycles. The van der Waals surface area contributed by atoms with Gasteiger partial charge in [0, 0.05) is 7.05 Å². The SMILES string of the molecule is C[C@H](O)c1n[nH]c(=S)n1C. The molecule has 2 N–H and O–H groups in total. The van der Waals surface area contributed by atoms with Gasteiger partial charge in [0.15, 0.2) is 10.6 Å². The molecule has 56 valence electrons. The summed E-state index contributed by atoms with van der Waals surface area (Å²) in [7, 11) is 1.76. The molecule has 0 unspecified atom stereocenters. The molecular formula is C5H9N3OS. The molecular weight excluding hydrogens is 150 g/mol. The van der Waals surface area contributed by atoms with E-state index in [-0.39, 0.29) is 0 Å². The molecule has 0 spiro atoms. The van der Waals surface area contributed by atoms with Crippen molar-refractivity contribution in [2.75, 3.05) is 0 Å². The summed E-state index contributed by atoms with van der Waals surface area (Å²) < 4.78 is 2.16. The minimum atomic E-state index is -0.571. The number of nitrogens with one attached hydrogen (secondary N) is 1. The van der Waals surface area contributed by atoms with Gasteiger partial charge in [0.05, 0.1) is 0 Å². The van der Waals surface area contributed by atoms with Gasteiger partial charge in [0.1, 0.15) is 6.10 Å². The molecule has 0 aliphatic rings. The average molecular weight is 159 g/mol. The molecule has 0 saturated heterocycles. The van der Waals surface area contributed by atoms with Crippen molar-refractivity contribution in [3.63, 3.8) is 0 Å². The van der Waals surface area contributed by atoms with Gasteiger partial charge in [0.2, 0.25) is 0 Å². The molecule has 1 heterocycles. The molecule has 1 aromatic rings. The van der Waals surface area contributed by atoms with Crippen molar-refractivity contribution < 1.29 is 5.11 Å². The fraction of sp³-hybridized carbons (Fsp3) is 0.600. The second-order valence-corrected chi connectivity index (χ2v) is 2.51. The minimum absolute atomic E-state index is 0.524. The fourth-order valence-electron chi connectivity index (χ4n) is 0.733. The molecule has 5 heteroatoms. The number of hydrogen-bond acceptors (Lipinski definition) is 3. The quantitative estimate of drug-likeness (QED) is 0.588. The van der Waals surface area contributed by atoms with Crippen molar-refractivity contribution in [3.05, 3.63) is 10.6 Å². The number of rotatable bonds is 1. The molecule has 0 aromatic carbocycles. The Kier molecular flexibility index (Phi) is 1.87. The topological polar surface area (TPSA) is 53.8 Å². The van der Waals surface area contributed by atoms with Gasteiger partial charge in [0.25, 0.3) is 0 Å². The summed E-state index contributed by atoms with van der Waals surface area (Å²) in [6.07, 6.45) is -0.571. The molecule has 10 heavy (non-hydrogen) atoms. The van der Waals surface area contributed by atoms with Gasteiger partial charge in [-0.3, -0.25) is 5.10 Å². The number of nitrogens with zero attached hydrogens (tertiary/aromatic N) is 2. The van der Waals surface area contributed by atoms with Gasteiger partial charge < -0.3 is 9.67 Å². The smallest absolute Gasteiger partial charge is 0.194 e. The highest BCUT2D eigenvalue weighted by Crippen LogP contribution is 2.05. The van der Waals surface area contributed by atoms with Crippen LogP contribution in [0.3, 0.4) is 0 Å². The number of aromatic amines is 1. The monoisotopic (exact) mass is 159 g/mol. The summed E-state index contributed by atoms with van der Waals surface area (Å²) in [6.45, 7) is 1.64. The van der Waals surface area contributed by atoms with Crippen LogP contribution < -0.4 is 0 Å². The summed E-state index contributed by atoms with van der Waals surface area (Å²) in [5.74, 6) is 0.560. The second-order valence-electron chi connectivity index (χ2n) is 2.12. The van der Waals surface area contributed by atoms with E-state index in [1.807, 2.05) is 0 Å². The Hall–Kier alpha value is -0.680. The van der Waals surface area contributed by atoms with Crippen LogP contribution in [0.25, 0.3) is 0 Å². The zero-order chi connectivity index (χ0) is 7.72. The maximum Gasteiger partial charge on any atom is 0.194 e. The van der Waals surface area contributed by atoms with E-state index in [1.54, 1.807) is 18.5 Å². The maximum atomic E-state index is 9.07. The van der Waals surface area contributed by atoms with E-state index in [0.717, 1.165) is 0 Å². The van der Waals surface area contributed by atoms with Crippen LogP contribution in [0.4, 0.5) is 0 Å². The summed E-state index contributed by atoms with van der Waals surface area (Å²) in [6, 6.07) is 0. The lowest BCUT2D eigenvalue weighted by Gasteiger charge is -2.00. The largest absolute Gasteiger partial charge is 0.385 e. The predicted octanol–water partition coefficient (Wildman–Crippen LogP) is 0.531. The number of hydrogen-bond donors (Lipinski definition) is 2. The minimum Gasteiger partial charge on any atom is -0.385 e. The molecule has 1 rings (SSSR count). The highest BCUT2D eigenvalue weighted by Gasteiger charge is 2.06. The first-order valence-electron chi connectivity index (χ1n) is 2.92. The molecule has 1 atom stereocenters. The molecule has 1 aromatic heterocycles. The fourth-order valence-corrected chi connectivity index (χ4v) is 0.872. The van der Waals surface area contributed by atoms with Gasteiger partial charge in [-0.25, -0.2) is 0 Å². The lowest BCUT2D eigenvalue weighted by atomic mass is 10.4. The summed E-state index contributed by atoms with van der Waals surface area (Å²) in [4.78, 5) is 0. The van der Waals surface area contributed by atoms with Gasteiger partial charge in [-0.05, 0) is 19.1 Å². The van der Waals surface area contributed by atoms with Gasteiger partial charge >= 0.3 is 0 Å². The van der Waals surface area contributed by atoms with E-state index in [0.29, 0.717) is 10.6 Å². The normalized spacial score (nSPS) is 13.5. The number of H-pyrrole nitrogens is 1. The first-order chi connectivity index (χ1) is 4.63. The van der Waals surface area contributed by atoms with Crippen molar-refractivity contribution in [2.45, 2.75) is 13.0 Å². The van der Waals surface area contributed by atoms with Crippen LogP contribution in [-0.4, -0.2) is 19.9 Å². The van der Waals surface area contributed by atoms with Crippen LogP contribution in [0.1, 0.15) is 18.9 Å². The van der Waals surface area contributed by atoms with Crippen LogP contribution in [0.15, 0.2) is 0 Å². The molecule has 0 aliphatic heterocycles. The van der Waals surface area contributed by atoms with Gasteiger partial charge in [-0.1, -0.05) is 0 Å². The number of aromatic nitrogens is 3. The first kappa shape index (κ1) is 7.43. The van der Waals surface area contributed by atoms with Crippen LogP contribution in [0.5, 0.6) is 0 Å². The Balaban J connectivity index is 3.18. The molecule has 0 radical (unpaired) electrons. The molecule has 0 saturated carbocycles. The molecule has 0 fully saturated rings. The van der Waals surface area contributed by atoms with E-state index < -0.39 is 6.10 Å². The van der Waals surface area contributed by atoms with E-state index in [9.17, 15) is 0 Å². The van der Waals surface area contributed by atoms with Crippen molar-refractivity contribution in [2.24, 2.45) is 7.05 Å². The third kappa shape index (κ3) is 1.10. The molecule has 0 bridgehead atoms. The number of aliphatic hydroxyl groups excluding tert-OH is 1. The Morgan fingerprint density at radius 1 is 1.80 bits per heavy atom. The Bertz CT molecular complexity index is 275. The zero-order valence-corrected chi connectivity index (χ0v) is 6.64. The van der Waals surface area contributed by atoms with Crippen molar-refractivity contribution >= 4 is 12.2 Å². The lowest BCUT2D eigenvalue weighted by Crippen LogP contribution is -2.01. The Morgan fingerprint density at radius 3 is 2.60 bits per heavy atom. The molecule has 0 amide bonds.